The van der Waals surface area contributed by atoms with E-state index < -0.39 is 0 Å². The lowest BCUT2D eigenvalue weighted by molar-refractivity contribution is 0.0530. The average Bonchev–Trinajstić information content (AvgIpc) is 1.69. The highest BCUT2D eigenvalue weighted by Gasteiger charge is 2.26. The summed E-state index contributed by atoms with van der Waals surface area (Å²) in [5.41, 5.74) is 7.07. The second-order valence-electron chi connectivity index (χ2n) is 24.1. The van der Waals surface area contributed by atoms with Gasteiger partial charge in [0.15, 0.2) is 10.5 Å². The number of hydrogen-bond donors (Lipinski definition) is 1. The summed E-state index contributed by atoms with van der Waals surface area (Å²) in [5.74, 6) is -0.0922. The third kappa shape index (κ3) is 29.7. The quantitative estimate of drug-likeness (QED) is 0.0390. The molecule has 5 aromatic carbocycles. The zero-order valence-corrected chi connectivity index (χ0v) is 68.0. The Balaban J connectivity index is 0.000000178. The molecule has 1 N–H and O–H groups in total. The van der Waals surface area contributed by atoms with Crippen molar-refractivity contribution >= 4 is 101 Å². The van der Waals surface area contributed by atoms with Crippen molar-refractivity contribution in [3.8, 4) is 24.0 Å². The van der Waals surface area contributed by atoms with Gasteiger partial charge >= 0.3 is 6.01 Å². The topological polar surface area (TPSA) is 201 Å². The van der Waals surface area contributed by atoms with Crippen LogP contribution in [0, 0.1) is 0 Å². The van der Waals surface area contributed by atoms with Crippen LogP contribution in [0.3, 0.4) is 0 Å². The molecule has 10 aromatic rings. The summed E-state index contributed by atoms with van der Waals surface area (Å²) < 4.78 is 65.0. The highest BCUT2D eigenvalue weighted by Crippen LogP contribution is 2.30. The fourth-order valence-electron chi connectivity index (χ4n) is 8.90. The van der Waals surface area contributed by atoms with Gasteiger partial charge in [-0.25, -0.2) is 4.98 Å². The molecule has 1 atom stereocenters. The van der Waals surface area contributed by atoms with Gasteiger partial charge in [0.1, 0.15) is 62.4 Å². The van der Waals surface area contributed by atoms with Crippen LogP contribution in [0.4, 0.5) is 0 Å². The van der Waals surface area contributed by atoms with Crippen molar-refractivity contribution in [3.05, 3.63) is 237 Å². The van der Waals surface area contributed by atoms with E-state index in [9.17, 15) is 4.79 Å². The molecule has 0 radical (unpaired) electrons. The summed E-state index contributed by atoms with van der Waals surface area (Å²) in [4.78, 5) is 33.0. The average molecular weight is 1770 g/mol. The van der Waals surface area contributed by atoms with E-state index in [1.165, 1.54) is 19.8 Å². The van der Waals surface area contributed by atoms with Crippen LogP contribution in [-0.2, 0) is 90.4 Å². The maximum absolute atomic E-state index is 11.4. The van der Waals surface area contributed by atoms with Gasteiger partial charge in [0, 0.05) is 37.6 Å². The van der Waals surface area contributed by atoms with Crippen LogP contribution in [-0.4, -0.2) is 84.0 Å². The number of benzene rings is 5. The number of imidazole rings is 5. The normalized spacial score (nSPS) is 12.0. The van der Waals surface area contributed by atoms with Gasteiger partial charge in [0.05, 0.1) is 63.1 Å². The molecule has 1 aliphatic rings. The molecule has 1 fully saturated rings. The Morgan fingerprint density at radius 1 is 0.416 bits per heavy atom. The first-order valence-corrected chi connectivity index (χ1v) is 37.7. The second-order valence-corrected chi connectivity index (χ2v) is 28.6. The maximum atomic E-state index is 11.4. The molecule has 1 aliphatic carbocycles. The molecule has 0 bridgehead atoms. The molecule has 0 amide bonds. The van der Waals surface area contributed by atoms with E-state index in [2.05, 4.69) is 145 Å². The molecule has 21 nitrogen and oxygen atoms in total. The SMILES string of the molecule is Brc1nc(Br)n(COCc2ccccc2)c1Br.CC(=O)c1cn(COCc2ccccc2)c(OC(C)C)n1.CC(C)Oc1nc(Br)c(Br)n1COCc1ccccc1.CC(C)Oc1nc(Br)cn1COCc1ccccc1.CC(C)Oc1nc([C@@H](C)NC2CC2)cn1COCc1ccccc1. The monoisotopic (exact) mass is 1770 g/mol. The molecule has 0 aliphatic heterocycles. The number of Topliss-reactive ketones (excluding diaryl/α,β-unsaturated/α-hetero) is 1. The highest BCUT2D eigenvalue weighted by molar-refractivity contribution is 9.13. The highest BCUT2D eigenvalue weighted by atomic mass is 79.9. The first-order valence-electron chi connectivity index (χ1n) is 33.0. The van der Waals surface area contributed by atoms with Crippen LogP contribution in [0.25, 0.3) is 0 Å². The molecule has 0 unspecified atom stereocenters. The molecule has 101 heavy (non-hydrogen) atoms. The van der Waals surface area contributed by atoms with Crippen LogP contribution in [0.1, 0.15) is 132 Å². The van der Waals surface area contributed by atoms with Crippen LogP contribution in [0.2, 0.25) is 0 Å². The van der Waals surface area contributed by atoms with Gasteiger partial charge in [0.2, 0.25) is 0 Å². The largest absolute Gasteiger partial charge is 0.462 e. The second kappa shape index (κ2) is 43.7. The number of aromatic nitrogens is 10. The number of nitrogens with one attached hydrogen (secondary N) is 1. The Bertz CT molecular complexity index is 3990. The van der Waals surface area contributed by atoms with Gasteiger partial charge in [-0.15, -0.1) is 0 Å². The van der Waals surface area contributed by atoms with E-state index in [0.29, 0.717) is 100 Å². The minimum Gasteiger partial charge on any atom is -0.462 e. The Labute approximate surface area is 643 Å². The molecule has 1 saturated carbocycles. The van der Waals surface area contributed by atoms with Crippen molar-refractivity contribution in [2.75, 3.05) is 0 Å². The zero-order valence-electron chi connectivity index (χ0n) is 58.4. The summed E-state index contributed by atoms with van der Waals surface area (Å²) in [6.45, 7) is 24.0. The van der Waals surface area contributed by atoms with Gasteiger partial charge in [-0.2, -0.15) is 19.9 Å². The van der Waals surface area contributed by atoms with Crippen molar-refractivity contribution in [3.63, 3.8) is 0 Å². The summed E-state index contributed by atoms with van der Waals surface area (Å²) in [6.07, 6.45) is 8.28. The van der Waals surface area contributed by atoms with Gasteiger partial charge in [-0.3, -0.25) is 27.6 Å². The Morgan fingerprint density at radius 2 is 0.752 bits per heavy atom. The Kier molecular flexibility index (Phi) is 35.5. The number of nitrogens with zero attached hydrogens (tertiary/aromatic N) is 10. The van der Waals surface area contributed by atoms with Gasteiger partial charge in [-0.1, -0.05) is 152 Å². The van der Waals surface area contributed by atoms with Crippen molar-refractivity contribution in [2.24, 2.45) is 0 Å². The summed E-state index contributed by atoms with van der Waals surface area (Å²) >= 11 is 20.3. The first kappa shape index (κ1) is 82.0. The Hall–Kier alpha value is -6.34. The fourth-order valence-corrected chi connectivity index (χ4v) is 11.7. The van der Waals surface area contributed by atoms with E-state index >= 15 is 0 Å². The van der Waals surface area contributed by atoms with Crippen LogP contribution in [0.15, 0.2) is 198 Å². The fraction of sp³-hybridized carbons (Fsp3) is 0.378. The lowest BCUT2D eigenvalue weighted by atomic mass is 10.2. The molecule has 0 spiro atoms. The third-order valence-corrected chi connectivity index (χ3v) is 18.5. The lowest BCUT2D eigenvalue weighted by Crippen LogP contribution is -2.21. The number of ketones is 1. The molecular weight excluding hydrogens is 1680 g/mol. The molecule has 11 rings (SSSR count). The van der Waals surface area contributed by atoms with Crippen molar-refractivity contribution in [1.29, 1.82) is 0 Å². The predicted molar refractivity (Wildman–Crippen MR) is 411 cm³/mol. The van der Waals surface area contributed by atoms with Gasteiger partial charge in [-0.05, 0) is 199 Å². The smallest absolute Gasteiger partial charge is 0.300 e. The van der Waals surface area contributed by atoms with Crippen LogP contribution >= 0.6 is 95.6 Å². The standard InChI is InChI=1S/C19H27N3O2.C16H20N2O3.C14H16Br2N2O2.C14H17BrN2O2.C11H9Br3N2O/c1-14(2)24-19-21-18(15(3)20-17-9-10-17)11-22(19)13-23-12-16-7-5-4-6-8-16;1-12(2)21-16-17-15(13(3)19)9-18(16)11-20-10-14-7-5-4-6-8-14;1-10(2)20-14-17-12(15)13(16)18(14)9-19-8-11-6-4-3-5-7-11;1-11(2)19-14-16-13(15)8-17(14)10-18-9-12-6-4-3-5-7-12;12-9-10(13)16(11(14)15-9)7-17-6-8-4-2-1-3-5-8/h4-8,11,14-15,17,20H,9-10,12-13H2,1-3H3;4-9,12H,10-11H2,1-3H3;3-7,10H,8-9H2,1-2H3;3-8,11H,9-10H2,1-2H3;1-5H,6-7H2/t15-;;;;/m1..../s1. The van der Waals surface area contributed by atoms with E-state index in [0.717, 1.165) is 56.7 Å². The van der Waals surface area contributed by atoms with Crippen LogP contribution < -0.4 is 24.3 Å². The van der Waals surface area contributed by atoms with Crippen molar-refractivity contribution < 1.29 is 47.4 Å². The Morgan fingerprint density at radius 3 is 1.13 bits per heavy atom. The van der Waals surface area contributed by atoms with Crippen molar-refractivity contribution in [1.82, 2.24) is 53.1 Å². The van der Waals surface area contributed by atoms with Crippen molar-refractivity contribution in [2.45, 2.75) is 185 Å². The number of ether oxygens (including phenoxy) is 9. The maximum Gasteiger partial charge on any atom is 0.300 e. The number of carbonyl (C=O) groups is 1. The number of carbonyl (C=O) groups excluding carboxylic acids is 1. The van der Waals surface area contributed by atoms with E-state index in [1.54, 1.807) is 10.8 Å². The molecular formula is C74H89Br6N11O10. The molecule has 5 heterocycles. The minimum absolute atomic E-state index is 0.0138. The first-order chi connectivity index (χ1) is 48.6. The summed E-state index contributed by atoms with van der Waals surface area (Å²) in [6, 6.07) is 53.2. The van der Waals surface area contributed by atoms with E-state index in [-0.39, 0.29) is 43.0 Å². The lowest BCUT2D eigenvalue weighted by Gasteiger charge is -2.12. The number of halogens is 6. The summed E-state index contributed by atoms with van der Waals surface area (Å²) in [5, 5.41) is 3.57. The zero-order chi connectivity index (χ0) is 72.6. The van der Waals surface area contributed by atoms with E-state index in [4.69, 9.17) is 42.6 Å². The number of hydrogen-bond acceptors (Lipinski definition) is 16. The van der Waals surface area contributed by atoms with E-state index in [1.807, 2.05) is 226 Å². The van der Waals surface area contributed by atoms with Crippen LogP contribution in [0.5, 0.6) is 24.0 Å². The minimum atomic E-state index is -0.0922. The van der Waals surface area contributed by atoms with Gasteiger partial charge < -0.3 is 47.9 Å². The molecule has 27 heteroatoms. The summed E-state index contributed by atoms with van der Waals surface area (Å²) in [7, 11) is 0. The van der Waals surface area contributed by atoms with Gasteiger partial charge in [0.25, 0.3) is 18.0 Å². The molecule has 5 aromatic heterocycles. The molecule has 0 saturated heterocycles. The third-order valence-electron chi connectivity index (χ3n) is 13.8. The number of rotatable bonds is 32. The molecule has 542 valence electrons. The predicted octanol–water partition coefficient (Wildman–Crippen LogP) is 19.0.